The predicted molar refractivity (Wildman–Crippen MR) is 35.4 cm³/mol. The summed E-state index contributed by atoms with van der Waals surface area (Å²) in [5, 5.41) is 0. The molecule has 0 aromatic carbocycles. The average Bonchev–Trinajstić information content (AvgIpc) is 2.62. The molecule has 1 heterocycles. The molecule has 1 aromatic rings. The van der Waals surface area contributed by atoms with Gasteiger partial charge in [0.2, 0.25) is 0 Å². The Hall–Kier alpha value is -0.990. The minimum Gasteiger partial charge on any atom is -0.251 e. The molecule has 0 bridgehead atoms. The van der Waals surface area contributed by atoms with Gasteiger partial charge in [0.25, 0.3) is 5.92 Å². The SMILES string of the molecule is FC1(F)CC1c1ccc[c]n1. The molecule has 0 saturated heterocycles. The van der Waals surface area contributed by atoms with Crippen molar-refractivity contribution in [1.82, 2.24) is 4.98 Å². The van der Waals surface area contributed by atoms with E-state index in [4.69, 9.17) is 0 Å². The molecule has 1 fully saturated rings. The molecular weight excluding hydrogens is 148 g/mol. The lowest BCUT2D eigenvalue weighted by molar-refractivity contribution is 0.111. The normalized spacial score (nSPS) is 26.5. The molecule has 0 N–H and O–H groups in total. The number of aromatic nitrogens is 1. The molecule has 1 aliphatic rings. The number of alkyl halides is 2. The van der Waals surface area contributed by atoms with Gasteiger partial charge in [0.1, 0.15) is 0 Å². The van der Waals surface area contributed by atoms with Gasteiger partial charge in [-0.1, -0.05) is 6.07 Å². The minimum absolute atomic E-state index is 0.0577. The highest BCUT2D eigenvalue weighted by molar-refractivity contribution is 5.21. The quantitative estimate of drug-likeness (QED) is 0.602. The predicted octanol–water partition coefficient (Wildman–Crippen LogP) is 2.00. The Morgan fingerprint density at radius 1 is 1.64 bits per heavy atom. The number of halogens is 2. The third kappa shape index (κ3) is 1.11. The van der Waals surface area contributed by atoms with E-state index in [0.717, 1.165) is 0 Å². The summed E-state index contributed by atoms with van der Waals surface area (Å²) in [6.45, 7) is 0. The van der Waals surface area contributed by atoms with Crippen molar-refractivity contribution >= 4 is 0 Å². The fraction of sp³-hybridized carbons (Fsp3) is 0.375. The van der Waals surface area contributed by atoms with E-state index in [9.17, 15) is 8.78 Å². The van der Waals surface area contributed by atoms with Gasteiger partial charge >= 0.3 is 0 Å². The maximum absolute atomic E-state index is 12.4. The van der Waals surface area contributed by atoms with Crippen LogP contribution >= 0.6 is 0 Å². The molecular formula is C8H6F2N. The van der Waals surface area contributed by atoms with Gasteiger partial charge in [-0.2, -0.15) is 0 Å². The lowest BCUT2D eigenvalue weighted by atomic mass is 10.2. The molecule has 1 nitrogen and oxygen atoms in total. The minimum atomic E-state index is -2.51. The number of hydrogen-bond donors (Lipinski definition) is 0. The zero-order valence-corrected chi connectivity index (χ0v) is 5.72. The van der Waals surface area contributed by atoms with Crippen molar-refractivity contribution in [2.24, 2.45) is 0 Å². The van der Waals surface area contributed by atoms with Crippen LogP contribution in [0.2, 0.25) is 0 Å². The van der Waals surface area contributed by atoms with E-state index in [1.54, 1.807) is 18.2 Å². The topological polar surface area (TPSA) is 12.9 Å². The van der Waals surface area contributed by atoms with Crippen molar-refractivity contribution in [2.45, 2.75) is 18.3 Å². The van der Waals surface area contributed by atoms with Crippen molar-refractivity contribution in [3.05, 3.63) is 30.1 Å². The van der Waals surface area contributed by atoms with Crippen LogP contribution in [0.25, 0.3) is 0 Å². The van der Waals surface area contributed by atoms with Crippen molar-refractivity contribution in [3.8, 4) is 0 Å². The molecule has 0 aliphatic heterocycles. The fourth-order valence-electron chi connectivity index (χ4n) is 1.07. The first-order chi connectivity index (χ1) is 5.20. The molecule has 1 aliphatic carbocycles. The van der Waals surface area contributed by atoms with Gasteiger partial charge in [-0.15, -0.1) is 0 Å². The van der Waals surface area contributed by atoms with E-state index < -0.39 is 11.8 Å². The van der Waals surface area contributed by atoms with Crippen LogP contribution < -0.4 is 0 Å². The molecule has 1 aromatic heterocycles. The highest BCUT2D eigenvalue weighted by atomic mass is 19.3. The maximum Gasteiger partial charge on any atom is 0.257 e. The fourth-order valence-corrected chi connectivity index (χ4v) is 1.07. The van der Waals surface area contributed by atoms with E-state index in [1.165, 1.54) is 0 Å². The first-order valence-corrected chi connectivity index (χ1v) is 3.41. The summed E-state index contributed by atoms with van der Waals surface area (Å²) in [6.07, 6.45) is 2.48. The second-order valence-electron chi connectivity index (χ2n) is 2.71. The van der Waals surface area contributed by atoms with Gasteiger partial charge in [-0.3, -0.25) is 4.98 Å². The summed E-state index contributed by atoms with van der Waals surface area (Å²) in [6, 6.07) is 4.89. The summed E-state index contributed by atoms with van der Waals surface area (Å²) in [5.74, 6) is -3.16. The highest BCUT2D eigenvalue weighted by Gasteiger charge is 2.58. The molecule has 1 atom stereocenters. The van der Waals surface area contributed by atoms with E-state index in [0.29, 0.717) is 5.69 Å². The number of rotatable bonds is 1. The lowest BCUT2D eigenvalue weighted by Gasteiger charge is -1.94. The molecule has 1 unspecified atom stereocenters. The molecule has 0 spiro atoms. The summed E-state index contributed by atoms with van der Waals surface area (Å²) >= 11 is 0. The first-order valence-electron chi connectivity index (χ1n) is 3.41. The van der Waals surface area contributed by atoms with E-state index in [-0.39, 0.29) is 6.42 Å². The molecule has 3 heteroatoms. The summed E-state index contributed by atoms with van der Waals surface area (Å²) in [5.41, 5.74) is 0.456. The molecule has 1 saturated carbocycles. The van der Waals surface area contributed by atoms with Crippen LogP contribution in [0.4, 0.5) is 8.78 Å². The van der Waals surface area contributed by atoms with Gasteiger partial charge in [0, 0.05) is 6.42 Å². The largest absolute Gasteiger partial charge is 0.257 e. The van der Waals surface area contributed by atoms with Gasteiger partial charge in [0.05, 0.1) is 17.8 Å². The van der Waals surface area contributed by atoms with Gasteiger partial charge < -0.3 is 0 Å². The van der Waals surface area contributed by atoms with Crippen LogP contribution in [-0.2, 0) is 0 Å². The average molecular weight is 154 g/mol. The van der Waals surface area contributed by atoms with Crippen LogP contribution in [0.15, 0.2) is 18.2 Å². The number of hydrogen-bond acceptors (Lipinski definition) is 1. The van der Waals surface area contributed by atoms with Crippen LogP contribution in [0.5, 0.6) is 0 Å². The summed E-state index contributed by atoms with van der Waals surface area (Å²) in [4.78, 5) is 3.73. The van der Waals surface area contributed by atoms with Crippen LogP contribution in [-0.4, -0.2) is 10.9 Å². The Labute approximate surface area is 63.1 Å². The first kappa shape index (κ1) is 6.70. The van der Waals surface area contributed by atoms with Crippen molar-refractivity contribution in [2.75, 3.05) is 0 Å². The number of nitrogens with zero attached hydrogens (tertiary/aromatic N) is 1. The Morgan fingerprint density at radius 2 is 2.36 bits per heavy atom. The third-order valence-corrected chi connectivity index (χ3v) is 1.81. The van der Waals surface area contributed by atoms with Gasteiger partial charge in [-0.25, -0.2) is 8.78 Å². The number of pyridine rings is 1. The molecule has 0 amide bonds. The van der Waals surface area contributed by atoms with Gasteiger partial charge in [-0.05, 0) is 12.1 Å². The second kappa shape index (κ2) is 2.00. The maximum atomic E-state index is 12.4. The van der Waals surface area contributed by atoms with E-state index >= 15 is 0 Å². The smallest absolute Gasteiger partial charge is 0.251 e. The summed E-state index contributed by atoms with van der Waals surface area (Å²) in [7, 11) is 0. The van der Waals surface area contributed by atoms with Gasteiger partial charge in [0.15, 0.2) is 0 Å². The van der Waals surface area contributed by atoms with Crippen LogP contribution in [0.1, 0.15) is 18.0 Å². The van der Waals surface area contributed by atoms with Crippen LogP contribution in [0.3, 0.4) is 0 Å². The lowest BCUT2D eigenvalue weighted by Crippen LogP contribution is -1.94. The van der Waals surface area contributed by atoms with E-state index in [1.807, 2.05) is 0 Å². The van der Waals surface area contributed by atoms with Crippen LogP contribution in [0, 0.1) is 6.20 Å². The standard InChI is InChI=1S/C8H6F2N/c9-8(10)5-6(8)7-3-1-2-4-11-7/h1-3,6H,5H2. The van der Waals surface area contributed by atoms with E-state index in [2.05, 4.69) is 11.2 Å². The zero-order valence-electron chi connectivity index (χ0n) is 5.72. The Balaban J connectivity index is 2.21. The van der Waals surface area contributed by atoms with Crippen molar-refractivity contribution < 1.29 is 8.78 Å². The third-order valence-electron chi connectivity index (χ3n) is 1.81. The Morgan fingerprint density at radius 3 is 2.82 bits per heavy atom. The Bertz CT molecular complexity index is 258. The molecule has 2 rings (SSSR count). The van der Waals surface area contributed by atoms with Crippen molar-refractivity contribution in [3.63, 3.8) is 0 Å². The summed E-state index contributed by atoms with van der Waals surface area (Å²) < 4.78 is 24.9. The molecule has 11 heavy (non-hydrogen) atoms. The Kier molecular flexibility index (Phi) is 1.22. The zero-order chi connectivity index (χ0) is 7.90. The second-order valence-corrected chi connectivity index (χ2v) is 2.71. The van der Waals surface area contributed by atoms with Crippen molar-refractivity contribution in [1.29, 1.82) is 0 Å². The molecule has 1 radical (unpaired) electrons. The monoisotopic (exact) mass is 154 g/mol. The molecule has 57 valence electrons. The highest BCUT2D eigenvalue weighted by Crippen LogP contribution is 2.54.